The van der Waals surface area contributed by atoms with Gasteiger partial charge in [0.25, 0.3) is 0 Å². The molecule has 0 aromatic carbocycles. The third kappa shape index (κ3) is 3.59. The number of aromatic nitrogens is 3. The fraction of sp³-hybridized carbons (Fsp3) is 0.429. The minimum absolute atomic E-state index is 0.298. The Morgan fingerprint density at radius 1 is 1.35 bits per heavy atom. The number of fused-ring (bicyclic) bond motifs is 1. The Balaban J connectivity index is 1.37. The lowest BCUT2D eigenvalue weighted by molar-refractivity contribution is -0.0132. The van der Waals surface area contributed by atoms with E-state index in [9.17, 15) is 14.4 Å². The number of halogens is 1. The second-order valence-electron chi connectivity index (χ2n) is 7.84. The van der Waals surface area contributed by atoms with Gasteiger partial charge >= 0.3 is 6.09 Å². The largest absolute Gasteiger partial charge is 0.446 e. The number of hydrogen-bond acceptors (Lipinski definition) is 7. The molecule has 3 aromatic heterocycles. The van der Waals surface area contributed by atoms with Crippen LogP contribution in [-0.4, -0.2) is 64.4 Å². The first kappa shape index (κ1) is 19.8. The van der Waals surface area contributed by atoms with E-state index in [2.05, 4.69) is 25.9 Å². The molecule has 2 aliphatic rings. The summed E-state index contributed by atoms with van der Waals surface area (Å²) in [6.45, 7) is 4.13. The number of H-pyrrole nitrogens is 1. The van der Waals surface area contributed by atoms with E-state index < -0.39 is 6.17 Å². The highest BCUT2D eigenvalue weighted by Gasteiger charge is 2.34. The Labute approximate surface area is 182 Å². The standard InChI is InChI=1S/C21H21FN6O2S/c1-12-25-16(11-31-12)19-15(10-23)18-17(2-3-24-20(18)26-19)27-4-6-28(7-5-27)21(29)30-14-8-13(22)9-14/h2-3,11,13-14H,4-9H2,1H3,(H,24,26). The number of hydrogen-bond donors (Lipinski definition) is 1. The molecule has 1 aliphatic carbocycles. The second kappa shape index (κ2) is 7.81. The summed E-state index contributed by atoms with van der Waals surface area (Å²) in [6.07, 6.45) is 0.786. The molecule has 0 atom stereocenters. The number of nitriles is 1. The number of aryl methyl sites for hydroxylation is 1. The summed E-state index contributed by atoms with van der Waals surface area (Å²) < 4.78 is 18.3. The van der Waals surface area contributed by atoms with E-state index in [1.165, 1.54) is 11.3 Å². The van der Waals surface area contributed by atoms with Gasteiger partial charge < -0.3 is 19.5 Å². The number of nitrogens with one attached hydrogen (secondary N) is 1. The van der Waals surface area contributed by atoms with Gasteiger partial charge in [0.1, 0.15) is 24.0 Å². The van der Waals surface area contributed by atoms with Crippen molar-refractivity contribution in [2.75, 3.05) is 31.1 Å². The summed E-state index contributed by atoms with van der Waals surface area (Å²) >= 11 is 1.53. The van der Waals surface area contributed by atoms with Gasteiger partial charge in [-0.25, -0.2) is 19.2 Å². The van der Waals surface area contributed by atoms with Crippen molar-refractivity contribution in [1.29, 1.82) is 5.26 Å². The smallest absolute Gasteiger partial charge is 0.410 e. The molecule has 5 rings (SSSR count). The second-order valence-corrected chi connectivity index (χ2v) is 8.90. The fourth-order valence-electron chi connectivity index (χ4n) is 4.09. The van der Waals surface area contributed by atoms with Crippen LogP contribution in [0.25, 0.3) is 22.4 Å². The minimum atomic E-state index is -0.850. The van der Waals surface area contributed by atoms with Crippen molar-refractivity contribution >= 4 is 34.2 Å². The number of amides is 1. The monoisotopic (exact) mass is 440 g/mol. The van der Waals surface area contributed by atoms with Crippen molar-refractivity contribution in [3.8, 4) is 17.5 Å². The van der Waals surface area contributed by atoms with E-state index >= 15 is 0 Å². The molecule has 1 saturated heterocycles. The summed E-state index contributed by atoms with van der Waals surface area (Å²) in [7, 11) is 0. The first-order valence-corrected chi connectivity index (χ1v) is 11.1. The minimum Gasteiger partial charge on any atom is -0.446 e. The summed E-state index contributed by atoms with van der Waals surface area (Å²) in [5, 5.41) is 13.5. The molecule has 1 saturated carbocycles. The third-order valence-electron chi connectivity index (χ3n) is 5.84. The van der Waals surface area contributed by atoms with Gasteiger partial charge in [-0.05, 0) is 13.0 Å². The van der Waals surface area contributed by atoms with Crippen LogP contribution >= 0.6 is 11.3 Å². The maximum absolute atomic E-state index is 13.0. The molecule has 4 heterocycles. The van der Waals surface area contributed by atoms with Crippen LogP contribution in [0.5, 0.6) is 0 Å². The third-order valence-corrected chi connectivity index (χ3v) is 6.62. The number of rotatable bonds is 3. The zero-order valence-electron chi connectivity index (χ0n) is 17.0. The molecule has 10 heteroatoms. The van der Waals surface area contributed by atoms with Gasteiger partial charge in [-0.1, -0.05) is 0 Å². The normalized spacial score (nSPS) is 21.1. The average molecular weight is 441 g/mol. The number of anilines is 1. The van der Waals surface area contributed by atoms with E-state index in [0.29, 0.717) is 55.9 Å². The lowest BCUT2D eigenvalue weighted by Gasteiger charge is -2.37. The Hall–Kier alpha value is -3.19. The fourth-order valence-corrected chi connectivity index (χ4v) is 4.69. The number of thiazole rings is 1. The summed E-state index contributed by atoms with van der Waals surface area (Å²) in [6, 6.07) is 4.22. The lowest BCUT2D eigenvalue weighted by atomic mass is 9.94. The van der Waals surface area contributed by atoms with E-state index in [4.69, 9.17) is 4.74 Å². The van der Waals surface area contributed by atoms with E-state index in [0.717, 1.165) is 21.8 Å². The van der Waals surface area contributed by atoms with Crippen molar-refractivity contribution < 1.29 is 13.9 Å². The van der Waals surface area contributed by atoms with Crippen LogP contribution in [0, 0.1) is 18.3 Å². The predicted octanol–water partition coefficient (Wildman–Crippen LogP) is 3.63. The predicted molar refractivity (Wildman–Crippen MR) is 115 cm³/mol. The zero-order chi connectivity index (χ0) is 21.5. The highest BCUT2D eigenvalue weighted by molar-refractivity contribution is 7.09. The number of carbonyl (C=O) groups excluding carboxylic acids is 1. The number of aromatic amines is 1. The first-order valence-electron chi connectivity index (χ1n) is 10.2. The van der Waals surface area contributed by atoms with E-state index in [1.54, 1.807) is 11.1 Å². The number of alkyl halides is 1. The Morgan fingerprint density at radius 2 is 2.13 bits per heavy atom. The molecule has 1 N–H and O–H groups in total. The molecule has 1 aliphatic heterocycles. The topological polar surface area (TPSA) is 98.1 Å². The summed E-state index contributed by atoms with van der Waals surface area (Å²) in [5.74, 6) is 0. The van der Waals surface area contributed by atoms with Crippen LogP contribution in [-0.2, 0) is 4.74 Å². The van der Waals surface area contributed by atoms with Gasteiger partial charge in [-0.3, -0.25) is 0 Å². The van der Waals surface area contributed by atoms with Crippen LogP contribution in [0.3, 0.4) is 0 Å². The van der Waals surface area contributed by atoms with Gasteiger partial charge in [0.2, 0.25) is 0 Å². The van der Waals surface area contributed by atoms with Gasteiger partial charge in [0, 0.05) is 50.6 Å². The Bertz CT molecular complexity index is 1170. The molecule has 0 spiro atoms. The molecular weight excluding hydrogens is 419 g/mol. The summed E-state index contributed by atoms with van der Waals surface area (Å²) in [5.41, 5.74) is 3.49. The zero-order valence-corrected chi connectivity index (χ0v) is 17.8. The number of ether oxygens (including phenoxy) is 1. The highest BCUT2D eigenvalue weighted by Crippen LogP contribution is 2.35. The van der Waals surface area contributed by atoms with Crippen LogP contribution in [0.1, 0.15) is 23.4 Å². The molecule has 0 bridgehead atoms. The SMILES string of the molecule is Cc1nc(-c2[nH]c3nccc(N4CCN(C(=O)OC5CC(F)C5)CC4)c3c2C#N)cs1. The number of pyridine rings is 1. The first-order chi connectivity index (χ1) is 15.0. The van der Waals surface area contributed by atoms with Gasteiger partial charge in [0.15, 0.2) is 0 Å². The molecule has 160 valence electrons. The Morgan fingerprint density at radius 3 is 2.77 bits per heavy atom. The molecule has 2 fully saturated rings. The quantitative estimate of drug-likeness (QED) is 0.668. The highest BCUT2D eigenvalue weighted by atomic mass is 32.1. The van der Waals surface area contributed by atoms with Crippen molar-refractivity contribution in [2.45, 2.75) is 32.0 Å². The van der Waals surface area contributed by atoms with E-state index in [1.807, 2.05) is 18.4 Å². The molecule has 1 amide bonds. The van der Waals surface area contributed by atoms with Crippen LogP contribution in [0.15, 0.2) is 17.6 Å². The lowest BCUT2D eigenvalue weighted by Crippen LogP contribution is -2.50. The average Bonchev–Trinajstić information content (AvgIpc) is 3.35. The maximum atomic E-state index is 13.0. The number of nitrogens with zero attached hydrogens (tertiary/aromatic N) is 5. The molecule has 0 radical (unpaired) electrons. The van der Waals surface area contributed by atoms with Crippen LogP contribution in [0.4, 0.5) is 14.9 Å². The van der Waals surface area contributed by atoms with Gasteiger partial charge in [-0.2, -0.15) is 5.26 Å². The van der Waals surface area contributed by atoms with E-state index in [-0.39, 0.29) is 12.2 Å². The van der Waals surface area contributed by atoms with Crippen LogP contribution < -0.4 is 4.90 Å². The summed E-state index contributed by atoms with van der Waals surface area (Å²) in [4.78, 5) is 28.3. The van der Waals surface area contributed by atoms with Crippen molar-refractivity contribution in [3.05, 3.63) is 28.2 Å². The van der Waals surface area contributed by atoms with Crippen molar-refractivity contribution in [3.63, 3.8) is 0 Å². The van der Waals surface area contributed by atoms with Crippen molar-refractivity contribution in [1.82, 2.24) is 19.9 Å². The molecule has 31 heavy (non-hydrogen) atoms. The molecule has 8 nitrogen and oxygen atoms in total. The number of carbonyl (C=O) groups is 1. The molecule has 0 unspecified atom stereocenters. The molecule has 3 aromatic rings. The molecular formula is C21H21FN6O2S. The van der Waals surface area contributed by atoms with Gasteiger partial charge in [0.05, 0.1) is 33.0 Å². The maximum Gasteiger partial charge on any atom is 0.410 e. The Kier molecular flexibility index (Phi) is 4.98. The van der Waals surface area contributed by atoms with Crippen molar-refractivity contribution in [2.24, 2.45) is 0 Å². The number of piperazine rings is 1. The van der Waals surface area contributed by atoms with Gasteiger partial charge in [-0.15, -0.1) is 11.3 Å². The van der Waals surface area contributed by atoms with Crippen LogP contribution in [0.2, 0.25) is 0 Å².